The van der Waals surface area contributed by atoms with E-state index in [0.717, 1.165) is 26.1 Å². The Balaban J connectivity index is 2.63. The van der Waals surface area contributed by atoms with E-state index >= 15 is 0 Å². The van der Waals surface area contributed by atoms with E-state index in [1.165, 1.54) is 11.7 Å². The van der Waals surface area contributed by atoms with Crippen LogP contribution in [0.3, 0.4) is 0 Å². The van der Waals surface area contributed by atoms with Crippen LogP contribution in [0.5, 0.6) is 0 Å². The fourth-order valence-electron chi connectivity index (χ4n) is 2.00. The maximum absolute atomic E-state index is 5.87. The molecule has 1 aliphatic carbocycles. The van der Waals surface area contributed by atoms with Crippen molar-refractivity contribution in [2.24, 2.45) is 0 Å². The zero-order chi connectivity index (χ0) is 14.3. The summed E-state index contributed by atoms with van der Waals surface area (Å²) in [6, 6.07) is 0.364. The lowest BCUT2D eigenvalue weighted by molar-refractivity contribution is 0.198. The zero-order valence-corrected chi connectivity index (χ0v) is 13.0. The van der Waals surface area contributed by atoms with Crippen LogP contribution in [-0.4, -0.2) is 45.4 Å². The minimum atomic E-state index is -0.229. The van der Waals surface area contributed by atoms with Crippen molar-refractivity contribution in [3.63, 3.8) is 0 Å². The zero-order valence-electron chi connectivity index (χ0n) is 13.0. The molecule has 0 aliphatic heterocycles. The summed E-state index contributed by atoms with van der Waals surface area (Å²) in [4.78, 5) is 2.20. The number of rotatable bonds is 9. The first-order valence-corrected chi connectivity index (χ1v) is 7.26. The number of hydrogen-bond donors (Lipinski definition) is 0. The Morgan fingerprint density at radius 3 is 2.16 bits per heavy atom. The summed E-state index contributed by atoms with van der Waals surface area (Å²) >= 11 is 0. The Hall–Kier alpha value is -0.0551. The highest BCUT2D eigenvalue weighted by Crippen LogP contribution is 2.39. The van der Waals surface area contributed by atoms with Gasteiger partial charge in [-0.25, -0.2) is 0 Å². The Bertz CT molecular complexity index is 230. The van der Waals surface area contributed by atoms with Crippen molar-refractivity contribution in [2.45, 2.75) is 39.7 Å². The van der Waals surface area contributed by atoms with Crippen molar-refractivity contribution >= 4 is 7.12 Å². The van der Waals surface area contributed by atoms with Gasteiger partial charge in [0.25, 0.3) is 0 Å². The average Bonchev–Trinajstić information content (AvgIpc) is 2.87. The molecule has 5 radical (unpaired) electrons. The van der Waals surface area contributed by atoms with Crippen LogP contribution in [0.15, 0.2) is 0 Å². The van der Waals surface area contributed by atoms with E-state index in [4.69, 9.17) is 9.31 Å². The van der Waals surface area contributed by atoms with Crippen molar-refractivity contribution in [1.82, 2.24) is 4.90 Å². The first-order chi connectivity index (χ1) is 9.11. The normalized spacial score (nSPS) is 19.3. The third-order valence-electron chi connectivity index (χ3n) is 3.31. The van der Waals surface area contributed by atoms with Gasteiger partial charge in [-0.05, 0) is 53.1 Å². The molecule has 0 aromatic carbocycles. The molecule has 1 aliphatic rings. The van der Waals surface area contributed by atoms with E-state index in [-0.39, 0.29) is 7.12 Å². The molecule has 0 amide bonds. The molecular weight excluding hydrogens is 237 g/mol. The minimum Gasteiger partial charge on any atom is -0.411 e. The van der Waals surface area contributed by atoms with Crippen LogP contribution in [0.1, 0.15) is 33.6 Å². The highest BCUT2D eigenvalue weighted by molar-refractivity contribution is 6.54. The molecule has 1 saturated carbocycles. The van der Waals surface area contributed by atoms with E-state index in [2.05, 4.69) is 59.0 Å². The maximum Gasteiger partial charge on any atom is 0.464 e. The fraction of sp³-hybridized carbons (Fsp3) is 0.667. The molecule has 3 nitrogen and oxygen atoms in total. The Morgan fingerprint density at radius 2 is 1.68 bits per heavy atom. The smallest absolute Gasteiger partial charge is 0.411 e. The van der Waals surface area contributed by atoms with Crippen LogP contribution < -0.4 is 0 Å². The SMILES string of the molecule is CCCOB(OCCC)[C]1[CH][CH][CH][C]1[C@@H](C)N(C)C. The second-order valence-corrected chi connectivity index (χ2v) is 5.15. The molecule has 0 saturated heterocycles. The van der Waals surface area contributed by atoms with Crippen molar-refractivity contribution < 1.29 is 9.31 Å². The summed E-state index contributed by atoms with van der Waals surface area (Å²) in [6.07, 6.45) is 8.38. The van der Waals surface area contributed by atoms with Crippen molar-refractivity contribution in [3.8, 4) is 0 Å². The van der Waals surface area contributed by atoms with Gasteiger partial charge in [0.1, 0.15) is 0 Å². The predicted molar refractivity (Wildman–Crippen MR) is 80.8 cm³/mol. The topological polar surface area (TPSA) is 21.7 Å². The second kappa shape index (κ2) is 8.99. The molecule has 0 spiro atoms. The number of nitrogens with zero attached hydrogens (tertiary/aromatic N) is 1. The largest absolute Gasteiger partial charge is 0.464 e. The Kier molecular flexibility index (Phi) is 8.04. The molecule has 0 heterocycles. The molecule has 1 atom stereocenters. The lowest BCUT2D eigenvalue weighted by Gasteiger charge is -2.31. The Morgan fingerprint density at radius 1 is 1.11 bits per heavy atom. The molecule has 107 valence electrons. The van der Waals surface area contributed by atoms with E-state index < -0.39 is 0 Å². The first kappa shape index (κ1) is 17.0. The third-order valence-corrected chi connectivity index (χ3v) is 3.31. The van der Waals surface area contributed by atoms with Crippen LogP contribution in [0.25, 0.3) is 0 Å². The standard InChI is InChI=1S/C15H27BNO2/c1-6-11-18-16(19-12-7-2)15-10-8-9-14(15)13(3)17(4)5/h8-10,13H,6-7,11-12H2,1-5H3/t13-/m1/s1. The van der Waals surface area contributed by atoms with Crippen LogP contribution in [0.2, 0.25) is 0 Å². The van der Waals surface area contributed by atoms with Gasteiger partial charge in [-0.2, -0.15) is 0 Å². The van der Waals surface area contributed by atoms with Gasteiger partial charge in [0, 0.05) is 31.0 Å². The van der Waals surface area contributed by atoms with Gasteiger partial charge in [0.2, 0.25) is 0 Å². The van der Waals surface area contributed by atoms with Gasteiger partial charge in [-0.15, -0.1) is 0 Å². The lowest BCUT2D eigenvalue weighted by Crippen LogP contribution is -2.40. The fourth-order valence-corrected chi connectivity index (χ4v) is 2.00. The van der Waals surface area contributed by atoms with Crippen molar-refractivity contribution in [3.05, 3.63) is 31.0 Å². The molecule has 19 heavy (non-hydrogen) atoms. The average molecular weight is 264 g/mol. The lowest BCUT2D eigenvalue weighted by atomic mass is 9.64. The molecule has 0 aromatic rings. The molecule has 1 rings (SSSR count). The highest BCUT2D eigenvalue weighted by Gasteiger charge is 2.43. The number of hydrogen-bond acceptors (Lipinski definition) is 3. The third kappa shape index (κ3) is 5.09. The summed E-state index contributed by atoms with van der Waals surface area (Å²) in [5.41, 5.74) is 0. The molecule has 0 bridgehead atoms. The summed E-state index contributed by atoms with van der Waals surface area (Å²) in [5.74, 6) is 2.46. The predicted octanol–water partition coefficient (Wildman–Crippen LogP) is 2.59. The highest BCUT2D eigenvalue weighted by atomic mass is 16.6. The maximum atomic E-state index is 5.87. The molecular formula is C15H27BNO2. The van der Waals surface area contributed by atoms with Gasteiger partial charge in [-0.1, -0.05) is 13.8 Å². The summed E-state index contributed by atoms with van der Waals surface area (Å²) in [6.45, 7) is 7.90. The molecule has 0 N–H and O–H groups in total. The second-order valence-electron chi connectivity index (χ2n) is 5.15. The first-order valence-electron chi connectivity index (χ1n) is 7.26. The molecule has 1 fully saturated rings. The van der Waals surface area contributed by atoms with Crippen molar-refractivity contribution in [1.29, 1.82) is 0 Å². The van der Waals surface area contributed by atoms with E-state index in [0.29, 0.717) is 6.04 Å². The van der Waals surface area contributed by atoms with Crippen molar-refractivity contribution in [2.75, 3.05) is 27.3 Å². The van der Waals surface area contributed by atoms with Crippen LogP contribution in [0.4, 0.5) is 0 Å². The van der Waals surface area contributed by atoms with Gasteiger partial charge in [0.15, 0.2) is 0 Å². The van der Waals surface area contributed by atoms with E-state index in [1.807, 2.05) is 0 Å². The summed E-state index contributed by atoms with van der Waals surface area (Å²) < 4.78 is 11.7. The van der Waals surface area contributed by atoms with Crippen LogP contribution >= 0.6 is 0 Å². The minimum absolute atomic E-state index is 0.229. The van der Waals surface area contributed by atoms with Gasteiger partial charge in [0.05, 0.1) is 0 Å². The quantitative estimate of drug-likeness (QED) is 0.597. The monoisotopic (exact) mass is 264 g/mol. The van der Waals surface area contributed by atoms with Gasteiger partial charge in [-0.3, -0.25) is 0 Å². The van der Waals surface area contributed by atoms with Crippen LogP contribution in [0, 0.1) is 31.0 Å². The van der Waals surface area contributed by atoms with Gasteiger partial charge < -0.3 is 14.2 Å². The van der Waals surface area contributed by atoms with Crippen LogP contribution in [-0.2, 0) is 9.31 Å². The van der Waals surface area contributed by atoms with E-state index in [1.54, 1.807) is 0 Å². The Labute approximate surface area is 120 Å². The molecule has 4 heteroatoms. The summed E-state index contributed by atoms with van der Waals surface area (Å²) in [5, 5.41) is 0. The molecule has 0 unspecified atom stereocenters. The summed E-state index contributed by atoms with van der Waals surface area (Å²) in [7, 11) is 3.96. The van der Waals surface area contributed by atoms with Gasteiger partial charge >= 0.3 is 7.12 Å². The molecule has 0 aromatic heterocycles. The van der Waals surface area contributed by atoms with E-state index in [9.17, 15) is 0 Å².